The summed E-state index contributed by atoms with van der Waals surface area (Å²) in [5, 5.41) is 30.8. The molecule has 0 bridgehead atoms. The van der Waals surface area contributed by atoms with E-state index < -0.39 is 0 Å². The molecule has 0 amide bonds. The molecular weight excluding hydrogens is 372 g/mol. The Hall–Kier alpha value is -0.380. The Balaban J connectivity index is 1.50. The highest BCUT2D eigenvalue weighted by Gasteiger charge is 2.61. The van der Waals surface area contributed by atoms with Crippen LogP contribution in [0.1, 0.15) is 91.9 Å². The molecule has 3 N–H and O–H groups in total. The van der Waals surface area contributed by atoms with E-state index in [0.29, 0.717) is 35.7 Å². The molecule has 3 saturated carbocycles. The van der Waals surface area contributed by atoms with Gasteiger partial charge in [0.25, 0.3) is 0 Å². The van der Waals surface area contributed by atoms with E-state index in [9.17, 15) is 15.3 Å². The Kier molecular flexibility index (Phi) is 6.48. The average Bonchev–Trinajstić information content (AvgIpc) is 3.06. The molecule has 0 unspecified atom stereocenters. The van der Waals surface area contributed by atoms with Crippen LogP contribution in [0, 0.1) is 46.3 Å². The molecule has 0 aliphatic heterocycles. The largest absolute Gasteiger partial charge is 0.396 e. The zero-order valence-corrected chi connectivity index (χ0v) is 19.8. The maximum absolute atomic E-state index is 11.3. The maximum atomic E-state index is 11.3. The summed E-state index contributed by atoms with van der Waals surface area (Å²) in [7, 11) is 0. The Morgan fingerprint density at radius 3 is 2.50 bits per heavy atom. The standard InChI is InChI=1S/C27H46O3/c1-17(16-28)6-5-7-18(2)21-8-9-22-25-23(11-13-27(21,22)4)26(3)12-10-20(29)14-19(26)15-24(25)30/h15,17-18,20-25,28-30H,5-14,16H2,1-4H3/t17-,18-,20+,21-,22+,23+,24+,25+,26+,27-/m1/s1. The van der Waals surface area contributed by atoms with Crippen molar-refractivity contribution in [3.63, 3.8) is 0 Å². The number of aliphatic hydroxyl groups is 3. The molecule has 0 aromatic heterocycles. The maximum Gasteiger partial charge on any atom is 0.0757 e. The van der Waals surface area contributed by atoms with Gasteiger partial charge in [-0.2, -0.15) is 0 Å². The van der Waals surface area contributed by atoms with Crippen molar-refractivity contribution in [3.8, 4) is 0 Å². The molecule has 0 aromatic carbocycles. The SMILES string of the molecule is C[C@@H](CO)CCC[C@@H](C)[C@H]1CC[C@H]2[C@@H]3[C@@H](O)C=C4C[C@@H](O)CC[C@]4(C)[C@H]3CC[C@]12C. The topological polar surface area (TPSA) is 60.7 Å². The highest BCUT2D eigenvalue weighted by molar-refractivity contribution is 5.27. The average molecular weight is 419 g/mol. The van der Waals surface area contributed by atoms with Crippen molar-refractivity contribution in [1.29, 1.82) is 0 Å². The second-order valence-corrected chi connectivity index (χ2v) is 12.2. The number of hydrogen-bond donors (Lipinski definition) is 3. The van der Waals surface area contributed by atoms with Crippen LogP contribution in [0.15, 0.2) is 11.6 Å². The monoisotopic (exact) mass is 418 g/mol. The molecule has 3 nitrogen and oxygen atoms in total. The van der Waals surface area contributed by atoms with Crippen molar-refractivity contribution in [2.75, 3.05) is 6.61 Å². The summed E-state index contributed by atoms with van der Waals surface area (Å²) >= 11 is 0. The van der Waals surface area contributed by atoms with E-state index in [-0.39, 0.29) is 17.6 Å². The minimum atomic E-state index is -0.326. The van der Waals surface area contributed by atoms with Crippen LogP contribution >= 0.6 is 0 Å². The first-order valence-corrected chi connectivity index (χ1v) is 12.9. The van der Waals surface area contributed by atoms with Gasteiger partial charge in [0.1, 0.15) is 0 Å². The third kappa shape index (κ3) is 3.71. The van der Waals surface area contributed by atoms with Gasteiger partial charge in [-0.25, -0.2) is 0 Å². The molecule has 0 saturated heterocycles. The van der Waals surface area contributed by atoms with Gasteiger partial charge in [-0.05, 0) is 97.7 Å². The van der Waals surface area contributed by atoms with Gasteiger partial charge in [0.15, 0.2) is 0 Å². The summed E-state index contributed by atoms with van der Waals surface area (Å²) in [4.78, 5) is 0. The molecule has 3 fully saturated rings. The Bertz CT molecular complexity index is 644. The van der Waals surface area contributed by atoms with Crippen LogP contribution in [-0.4, -0.2) is 34.1 Å². The van der Waals surface area contributed by atoms with Crippen molar-refractivity contribution in [1.82, 2.24) is 0 Å². The molecule has 4 aliphatic rings. The molecule has 0 heterocycles. The number of rotatable bonds is 6. The second kappa shape index (κ2) is 8.52. The lowest BCUT2D eigenvalue weighted by Crippen LogP contribution is -2.54. The fourth-order valence-corrected chi connectivity index (χ4v) is 8.69. The minimum absolute atomic E-state index is 0.189. The van der Waals surface area contributed by atoms with Gasteiger partial charge < -0.3 is 15.3 Å². The summed E-state index contributed by atoms with van der Waals surface area (Å²) in [5.74, 6) is 3.54. The van der Waals surface area contributed by atoms with Crippen LogP contribution in [0.25, 0.3) is 0 Å². The summed E-state index contributed by atoms with van der Waals surface area (Å²) in [6, 6.07) is 0. The van der Waals surface area contributed by atoms with Gasteiger partial charge in [0.2, 0.25) is 0 Å². The van der Waals surface area contributed by atoms with Gasteiger partial charge in [0, 0.05) is 6.61 Å². The molecule has 30 heavy (non-hydrogen) atoms. The molecule has 10 atom stereocenters. The van der Waals surface area contributed by atoms with Crippen LogP contribution in [-0.2, 0) is 0 Å². The molecule has 4 aliphatic carbocycles. The van der Waals surface area contributed by atoms with Crippen molar-refractivity contribution in [2.45, 2.75) is 104 Å². The van der Waals surface area contributed by atoms with Crippen molar-refractivity contribution < 1.29 is 15.3 Å². The van der Waals surface area contributed by atoms with Crippen LogP contribution in [0.4, 0.5) is 0 Å². The fourth-order valence-electron chi connectivity index (χ4n) is 8.69. The minimum Gasteiger partial charge on any atom is -0.396 e. The third-order valence-corrected chi connectivity index (χ3v) is 10.5. The number of aliphatic hydroxyl groups excluding tert-OH is 3. The normalized spacial score (nSPS) is 47.6. The van der Waals surface area contributed by atoms with Gasteiger partial charge in [-0.3, -0.25) is 0 Å². The summed E-state index contributed by atoms with van der Waals surface area (Å²) in [5.41, 5.74) is 1.90. The summed E-state index contributed by atoms with van der Waals surface area (Å²) in [6.45, 7) is 9.92. The lowest BCUT2D eigenvalue weighted by molar-refractivity contribution is -0.0971. The van der Waals surface area contributed by atoms with Gasteiger partial charge in [-0.15, -0.1) is 0 Å². The van der Waals surface area contributed by atoms with E-state index in [1.807, 2.05) is 0 Å². The van der Waals surface area contributed by atoms with E-state index in [2.05, 4.69) is 33.8 Å². The first kappa shape index (κ1) is 22.8. The fraction of sp³-hybridized carbons (Fsp3) is 0.926. The van der Waals surface area contributed by atoms with E-state index in [4.69, 9.17) is 0 Å². The van der Waals surface area contributed by atoms with E-state index >= 15 is 0 Å². The quantitative estimate of drug-likeness (QED) is 0.511. The molecule has 0 radical (unpaired) electrons. The van der Waals surface area contributed by atoms with Crippen LogP contribution in [0.5, 0.6) is 0 Å². The Morgan fingerprint density at radius 1 is 1.00 bits per heavy atom. The predicted octanol–water partition coefficient (Wildman–Crippen LogP) is 5.33. The predicted molar refractivity (Wildman–Crippen MR) is 122 cm³/mol. The molecule has 4 rings (SSSR count). The molecule has 3 heteroatoms. The lowest BCUT2D eigenvalue weighted by atomic mass is 9.46. The Morgan fingerprint density at radius 2 is 1.77 bits per heavy atom. The third-order valence-electron chi connectivity index (χ3n) is 10.5. The summed E-state index contributed by atoms with van der Waals surface area (Å²) < 4.78 is 0. The molecule has 172 valence electrons. The van der Waals surface area contributed by atoms with Crippen molar-refractivity contribution in [2.24, 2.45) is 46.3 Å². The van der Waals surface area contributed by atoms with Crippen LogP contribution in [0.3, 0.4) is 0 Å². The van der Waals surface area contributed by atoms with Crippen molar-refractivity contribution in [3.05, 3.63) is 11.6 Å². The lowest BCUT2D eigenvalue weighted by Gasteiger charge is -2.59. The Labute approximate surface area is 184 Å². The zero-order chi connectivity index (χ0) is 21.7. The highest BCUT2D eigenvalue weighted by atomic mass is 16.3. The van der Waals surface area contributed by atoms with Gasteiger partial charge in [-0.1, -0.05) is 52.2 Å². The second-order valence-electron chi connectivity index (χ2n) is 12.2. The van der Waals surface area contributed by atoms with Gasteiger partial charge in [0.05, 0.1) is 12.2 Å². The van der Waals surface area contributed by atoms with Crippen molar-refractivity contribution >= 4 is 0 Å². The molecule has 0 aromatic rings. The smallest absolute Gasteiger partial charge is 0.0757 e. The molecular formula is C27H46O3. The van der Waals surface area contributed by atoms with Gasteiger partial charge >= 0.3 is 0 Å². The first-order chi connectivity index (χ1) is 14.2. The highest BCUT2D eigenvalue weighted by Crippen LogP contribution is 2.67. The van der Waals surface area contributed by atoms with Crippen LogP contribution < -0.4 is 0 Å². The van der Waals surface area contributed by atoms with E-state index in [0.717, 1.165) is 37.5 Å². The first-order valence-electron chi connectivity index (χ1n) is 12.9. The number of hydrogen-bond acceptors (Lipinski definition) is 3. The van der Waals surface area contributed by atoms with E-state index in [1.54, 1.807) is 0 Å². The summed E-state index contributed by atoms with van der Waals surface area (Å²) in [6.07, 6.45) is 13.2. The van der Waals surface area contributed by atoms with Crippen LogP contribution in [0.2, 0.25) is 0 Å². The van der Waals surface area contributed by atoms with E-state index in [1.165, 1.54) is 44.1 Å². The molecule has 0 spiro atoms. The zero-order valence-electron chi connectivity index (χ0n) is 19.8. The number of fused-ring (bicyclic) bond motifs is 5.